The third kappa shape index (κ3) is 4.84. The summed E-state index contributed by atoms with van der Waals surface area (Å²) in [6.45, 7) is 11.8. The number of allylic oxidation sites excluding steroid dienone is 1. The summed E-state index contributed by atoms with van der Waals surface area (Å²) in [4.78, 5) is 48.3. The number of carbonyl (C=O) groups is 3. The second-order valence-corrected chi connectivity index (χ2v) is 12.3. The van der Waals surface area contributed by atoms with Gasteiger partial charge in [0.15, 0.2) is 0 Å². The van der Waals surface area contributed by atoms with Crippen LogP contribution in [0.2, 0.25) is 0 Å². The van der Waals surface area contributed by atoms with E-state index in [9.17, 15) is 19.5 Å². The van der Waals surface area contributed by atoms with Crippen LogP contribution in [0, 0.1) is 17.8 Å². The molecular formula is C33H45N3O6. The molecular weight excluding hydrogens is 534 g/mol. The third-order valence-corrected chi connectivity index (χ3v) is 9.54. The molecule has 0 radical (unpaired) electrons. The van der Waals surface area contributed by atoms with Gasteiger partial charge in [0.2, 0.25) is 5.91 Å². The van der Waals surface area contributed by atoms with Crippen molar-refractivity contribution in [2.24, 2.45) is 17.8 Å². The predicted octanol–water partition coefficient (Wildman–Crippen LogP) is 3.71. The van der Waals surface area contributed by atoms with Gasteiger partial charge < -0.3 is 29.3 Å². The number of ether oxygens (including phenoxy) is 2. The molecule has 1 aromatic rings. The molecule has 5 rings (SSSR count). The summed E-state index contributed by atoms with van der Waals surface area (Å²) in [6.07, 6.45) is 10.0. The zero-order valence-corrected chi connectivity index (χ0v) is 25.5. The Bertz CT molecular complexity index is 1240. The molecule has 2 saturated heterocycles. The van der Waals surface area contributed by atoms with E-state index in [-0.39, 0.29) is 37.5 Å². The maximum atomic E-state index is 14.7. The lowest BCUT2D eigenvalue weighted by atomic mass is 9.74. The number of benzene rings is 1. The molecule has 4 heterocycles. The first-order valence-corrected chi connectivity index (χ1v) is 15.4. The second kappa shape index (κ2) is 11.8. The van der Waals surface area contributed by atoms with Gasteiger partial charge in [-0.05, 0) is 70.2 Å². The normalized spacial score (nSPS) is 32.6. The van der Waals surface area contributed by atoms with Crippen molar-refractivity contribution in [3.8, 4) is 0 Å². The van der Waals surface area contributed by atoms with E-state index in [2.05, 4.69) is 18.7 Å². The van der Waals surface area contributed by atoms with Gasteiger partial charge in [0, 0.05) is 31.0 Å². The first-order chi connectivity index (χ1) is 20.1. The molecule has 2 fully saturated rings. The average Bonchev–Trinajstić information content (AvgIpc) is 3.29. The molecule has 1 aromatic carbocycles. The molecule has 9 heteroatoms. The lowest BCUT2D eigenvalue weighted by molar-refractivity contribution is -0.160. The van der Waals surface area contributed by atoms with Crippen molar-refractivity contribution in [1.29, 1.82) is 0 Å². The highest BCUT2D eigenvalue weighted by molar-refractivity contribution is 6.05. The Hall–Kier alpha value is -3.17. The monoisotopic (exact) mass is 579 g/mol. The number of nitrogens with zero attached hydrogens (tertiary/aromatic N) is 3. The van der Waals surface area contributed by atoms with E-state index < -0.39 is 41.1 Å². The van der Waals surface area contributed by atoms with Gasteiger partial charge in [-0.3, -0.25) is 14.4 Å². The topological polar surface area (TPSA) is 99.6 Å². The molecule has 0 bridgehead atoms. The van der Waals surface area contributed by atoms with Crippen LogP contribution in [-0.4, -0.2) is 83.9 Å². The molecule has 0 saturated carbocycles. The van der Waals surface area contributed by atoms with Gasteiger partial charge in [-0.15, -0.1) is 0 Å². The number of amides is 2. The molecule has 4 aliphatic heterocycles. The smallest absolute Gasteiger partial charge is 0.313 e. The van der Waals surface area contributed by atoms with E-state index >= 15 is 0 Å². The van der Waals surface area contributed by atoms with Crippen molar-refractivity contribution in [3.05, 3.63) is 48.6 Å². The molecule has 1 N–H and O–H groups in total. The van der Waals surface area contributed by atoms with Gasteiger partial charge in [0.25, 0.3) is 5.91 Å². The van der Waals surface area contributed by atoms with E-state index in [1.165, 1.54) is 4.90 Å². The number of anilines is 2. The Morgan fingerprint density at radius 2 is 1.71 bits per heavy atom. The zero-order valence-electron chi connectivity index (χ0n) is 25.5. The first kappa shape index (κ1) is 30.3. The molecule has 0 aromatic heterocycles. The summed E-state index contributed by atoms with van der Waals surface area (Å²) >= 11 is 0. The number of hydrogen-bond acceptors (Lipinski definition) is 7. The lowest BCUT2D eigenvalue weighted by Gasteiger charge is -2.41. The van der Waals surface area contributed by atoms with Crippen molar-refractivity contribution >= 4 is 29.2 Å². The van der Waals surface area contributed by atoms with Gasteiger partial charge in [-0.2, -0.15) is 0 Å². The first-order valence-electron chi connectivity index (χ1n) is 15.4. The van der Waals surface area contributed by atoms with E-state index in [1.54, 1.807) is 4.90 Å². The number of aliphatic hydroxyl groups is 1. The fourth-order valence-corrected chi connectivity index (χ4v) is 7.38. The average molecular weight is 580 g/mol. The lowest BCUT2D eigenvalue weighted by Crippen LogP contribution is -2.59. The van der Waals surface area contributed by atoms with Gasteiger partial charge >= 0.3 is 5.97 Å². The zero-order chi connectivity index (χ0) is 30.2. The quantitative estimate of drug-likeness (QED) is 0.388. The van der Waals surface area contributed by atoms with Crippen LogP contribution in [0.5, 0.6) is 0 Å². The highest BCUT2D eigenvalue weighted by Crippen LogP contribution is 2.57. The summed E-state index contributed by atoms with van der Waals surface area (Å²) in [6, 6.07) is 6.18. The summed E-state index contributed by atoms with van der Waals surface area (Å²) < 4.78 is 12.6. The maximum absolute atomic E-state index is 14.7. The molecule has 1 unspecified atom stereocenters. The minimum absolute atomic E-state index is 0.140. The van der Waals surface area contributed by atoms with Crippen LogP contribution in [0.1, 0.15) is 53.9 Å². The Morgan fingerprint density at radius 3 is 2.36 bits per heavy atom. The Balaban J connectivity index is 1.62. The van der Waals surface area contributed by atoms with Crippen molar-refractivity contribution < 1.29 is 29.0 Å². The van der Waals surface area contributed by atoms with Crippen molar-refractivity contribution in [2.45, 2.75) is 77.2 Å². The Labute approximate surface area is 249 Å². The largest absolute Gasteiger partial charge is 0.465 e. The molecule has 6 atom stereocenters. The van der Waals surface area contributed by atoms with Crippen LogP contribution >= 0.6 is 0 Å². The van der Waals surface area contributed by atoms with Crippen LogP contribution in [0.15, 0.2) is 48.6 Å². The van der Waals surface area contributed by atoms with Crippen LogP contribution in [0.4, 0.5) is 11.4 Å². The third-order valence-electron chi connectivity index (χ3n) is 9.54. The van der Waals surface area contributed by atoms with Crippen LogP contribution in [0.25, 0.3) is 0 Å². The molecule has 228 valence electrons. The number of aliphatic hydroxyl groups excluding tert-OH is 1. The Morgan fingerprint density at radius 1 is 1.00 bits per heavy atom. The van der Waals surface area contributed by atoms with Crippen molar-refractivity contribution in [3.63, 3.8) is 0 Å². The summed E-state index contributed by atoms with van der Waals surface area (Å²) in [5.41, 5.74) is -0.766. The highest BCUT2D eigenvalue weighted by atomic mass is 16.6. The maximum Gasteiger partial charge on any atom is 0.313 e. The minimum Gasteiger partial charge on any atom is -0.465 e. The van der Waals surface area contributed by atoms with E-state index in [0.29, 0.717) is 5.69 Å². The fraction of sp³-hybridized carbons (Fsp3) is 0.606. The second-order valence-electron chi connectivity index (χ2n) is 12.3. The fourth-order valence-electron chi connectivity index (χ4n) is 7.38. The standard InChI is InChI=1S/C33H45N3O6/c1-6-34(7-2)23-13-15-24(16-14-23)35-19-12-18-33-26(29(38)36(28(33)30(35)39)25(21-37)22(3)4)27-31(40)41-20-11-9-8-10-17-32(27,5)42-33/h10,12-18,22,25-28,37H,6-9,11,19-21H2,1-5H3/b17-10-/t25-,26-,27-,28?,32+,33-/m0/s1. The predicted molar refractivity (Wildman–Crippen MR) is 161 cm³/mol. The van der Waals surface area contributed by atoms with Gasteiger partial charge in [0.05, 0.1) is 30.8 Å². The number of rotatable bonds is 7. The van der Waals surface area contributed by atoms with Crippen molar-refractivity contribution in [2.75, 3.05) is 42.6 Å². The number of carbonyl (C=O) groups excluding carboxylic acids is 3. The summed E-state index contributed by atoms with van der Waals surface area (Å²) in [5, 5.41) is 10.5. The summed E-state index contributed by atoms with van der Waals surface area (Å²) in [7, 11) is 0. The Kier molecular flexibility index (Phi) is 8.54. The van der Waals surface area contributed by atoms with E-state index in [4.69, 9.17) is 9.47 Å². The highest BCUT2D eigenvalue weighted by Gasteiger charge is 2.75. The van der Waals surface area contributed by atoms with Gasteiger partial charge in [-0.1, -0.05) is 38.2 Å². The molecule has 9 nitrogen and oxygen atoms in total. The molecule has 1 spiro atoms. The number of esters is 1. The number of hydrogen-bond donors (Lipinski definition) is 1. The number of fused-ring (bicyclic) bond motifs is 2. The number of likely N-dealkylation sites (tertiary alicyclic amines) is 1. The SMILES string of the molecule is CCN(CC)c1ccc(N2CC=C[C@]34O[C@]5(C)/C=C\CCCCOC(=O)[C@@H]5[C@H]3C(=O)N([C@@H](CO)C(C)C)C4C2=O)cc1. The molecule has 4 aliphatic rings. The van der Waals surface area contributed by atoms with Crippen LogP contribution < -0.4 is 9.80 Å². The van der Waals surface area contributed by atoms with Crippen LogP contribution in [-0.2, 0) is 23.9 Å². The van der Waals surface area contributed by atoms with Crippen LogP contribution in [0.3, 0.4) is 0 Å². The van der Waals surface area contributed by atoms with E-state index in [1.807, 2.05) is 69.3 Å². The van der Waals surface area contributed by atoms with Crippen molar-refractivity contribution in [1.82, 2.24) is 4.90 Å². The van der Waals surface area contributed by atoms with E-state index in [0.717, 1.165) is 38.0 Å². The number of cyclic esters (lactones) is 1. The summed E-state index contributed by atoms with van der Waals surface area (Å²) in [5.74, 6) is -3.19. The molecule has 42 heavy (non-hydrogen) atoms. The molecule has 0 aliphatic carbocycles. The van der Waals surface area contributed by atoms with Gasteiger partial charge in [-0.25, -0.2) is 0 Å². The van der Waals surface area contributed by atoms with Gasteiger partial charge in [0.1, 0.15) is 17.6 Å². The minimum atomic E-state index is -1.40. The molecule has 2 amide bonds.